The average molecular weight is 327 g/mol. The van der Waals surface area contributed by atoms with E-state index in [1.165, 1.54) is 0 Å². The van der Waals surface area contributed by atoms with Gasteiger partial charge in [-0.15, -0.1) is 6.42 Å². The van der Waals surface area contributed by atoms with Crippen molar-refractivity contribution >= 4 is 11.4 Å². The summed E-state index contributed by atoms with van der Waals surface area (Å²) in [7, 11) is 1.70. The maximum absolute atomic E-state index is 5.65. The molecular weight excluding hydrogens is 298 g/mol. The van der Waals surface area contributed by atoms with Crippen molar-refractivity contribution in [3.63, 3.8) is 0 Å². The van der Waals surface area contributed by atoms with Crippen LogP contribution in [0.25, 0.3) is 0 Å². The van der Waals surface area contributed by atoms with Gasteiger partial charge in [-0.05, 0) is 52.7 Å². The van der Waals surface area contributed by atoms with Gasteiger partial charge in [-0.25, -0.2) is 0 Å². The molecule has 0 bridgehead atoms. The fraction of sp³-hybridized carbons (Fsp3) is 0.600. The molecule has 0 amide bonds. The number of hydrogen-bond donors (Lipinski definition) is 2. The van der Waals surface area contributed by atoms with Gasteiger partial charge in [0.2, 0.25) is 0 Å². The molecule has 0 saturated carbocycles. The summed E-state index contributed by atoms with van der Waals surface area (Å²) in [5.41, 5.74) is 2.40. The van der Waals surface area contributed by atoms with Crippen molar-refractivity contribution in [3.8, 4) is 18.1 Å². The van der Waals surface area contributed by atoms with Gasteiger partial charge in [0.25, 0.3) is 0 Å². The molecule has 3 rings (SSSR count). The summed E-state index contributed by atoms with van der Waals surface area (Å²) in [6.07, 6.45) is 7.73. The maximum Gasteiger partial charge on any atom is 0.121 e. The number of piperidine rings is 1. The number of nitrogens with one attached hydrogen (secondary N) is 2. The Balaban J connectivity index is 2.03. The Labute approximate surface area is 146 Å². The predicted molar refractivity (Wildman–Crippen MR) is 101 cm³/mol. The third-order valence-electron chi connectivity index (χ3n) is 4.96. The molecule has 2 aliphatic heterocycles. The molecule has 1 aromatic carbocycles. The Bertz CT molecular complexity index is 656. The van der Waals surface area contributed by atoms with Crippen LogP contribution in [0, 0.1) is 12.3 Å². The van der Waals surface area contributed by atoms with Gasteiger partial charge < -0.3 is 20.3 Å². The summed E-state index contributed by atoms with van der Waals surface area (Å²) in [6.45, 7) is 10.7. The molecule has 4 nitrogen and oxygen atoms in total. The SMILES string of the molecule is C#CCN1CC2(CC(C)(C)NC(C)(C)C2)Nc2cc(OC)ccc21. The van der Waals surface area contributed by atoms with Crippen molar-refractivity contribution in [2.45, 2.75) is 57.2 Å². The lowest BCUT2D eigenvalue weighted by molar-refractivity contribution is 0.119. The van der Waals surface area contributed by atoms with E-state index >= 15 is 0 Å². The first-order chi connectivity index (χ1) is 11.2. The fourth-order valence-electron chi connectivity index (χ4n) is 5.00. The number of ether oxygens (including phenoxy) is 1. The molecule has 0 aromatic heterocycles. The van der Waals surface area contributed by atoms with Crippen LogP contribution in [0.15, 0.2) is 18.2 Å². The zero-order valence-corrected chi connectivity index (χ0v) is 15.5. The molecule has 24 heavy (non-hydrogen) atoms. The van der Waals surface area contributed by atoms with E-state index in [0.717, 1.165) is 36.5 Å². The van der Waals surface area contributed by atoms with Crippen LogP contribution in [-0.2, 0) is 0 Å². The number of terminal acetylenes is 1. The van der Waals surface area contributed by atoms with E-state index in [-0.39, 0.29) is 16.6 Å². The number of fused-ring (bicyclic) bond motifs is 1. The van der Waals surface area contributed by atoms with E-state index in [1.807, 2.05) is 6.07 Å². The molecule has 0 radical (unpaired) electrons. The van der Waals surface area contributed by atoms with Crippen molar-refractivity contribution in [2.75, 3.05) is 30.4 Å². The molecule has 0 unspecified atom stereocenters. The quantitative estimate of drug-likeness (QED) is 0.818. The zero-order chi connectivity index (χ0) is 17.6. The molecule has 4 heteroatoms. The average Bonchev–Trinajstić information content (AvgIpc) is 2.42. The molecule has 1 aromatic rings. The highest BCUT2D eigenvalue weighted by Gasteiger charge is 2.49. The summed E-state index contributed by atoms with van der Waals surface area (Å²) in [5, 5.41) is 7.63. The van der Waals surface area contributed by atoms with Crippen molar-refractivity contribution in [1.29, 1.82) is 0 Å². The smallest absolute Gasteiger partial charge is 0.121 e. The second kappa shape index (κ2) is 5.60. The van der Waals surface area contributed by atoms with E-state index in [0.29, 0.717) is 6.54 Å². The van der Waals surface area contributed by atoms with Crippen LogP contribution in [0.4, 0.5) is 11.4 Å². The summed E-state index contributed by atoms with van der Waals surface area (Å²) >= 11 is 0. The summed E-state index contributed by atoms with van der Waals surface area (Å²) in [6, 6.07) is 6.18. The lowest BCUT2D eigenvalue weighted by Gasteiger charge is -2.56. The van der Waals surface area contributed by atoms with E-state index in [1.54, 1.807) is 7.11 Å². The van der Waals surface area contributed by atoms with Crippen LogP contribution >= 0.6 is 0 Å². The monoisotopic (exact) mass is 327 g/mol. The summed E-state index contributed by atoms with van der Waals surface area (Å²) in [5.74, 6) is 3.69. The van der Waals surface area contributed by atoms with Crippen molar-refractivity contribution in [2.24, 2.45) is 0 Å². The highest BCUT2D eigenvalue weighted by molar-refractivity contribution is 5.76. The lowest BCUT2D eigenvalue weighted by atomic mass is 9.69. The minimum Gasteiger partial charge on any atom is -0.497 e. The molecule has 2 heterocycles. The van der Waals surface area contributed by atoms with Gasteiger partial charge in [0, 0.05) is 23.7 Å². The standard InChI is InChI=1S/C20H29N3O/c1-7-10-23-14-20(12-18(2,3)22-19(4,5)13-20)21-16-11-15(24-6)8-9-17(16)23/h1,8-9,11,21-22H,10,12-14H2,2-6H3. The molecule has 1 fully saturated rings. The van der Waals surface area contributed by atoms with Gasteiger partial charge in [0.05, 0.1) is 30.6 Å². The molecule has 1 saturated heterocycles. The Kier molecular flexibility index (Phi) is 3.96. The van der Waals surface area contributed by atoms with Crippen LogP contribution in [0.5, 0.6) is 5.75 Å². The van der Waals surface area contributed by atoms with Gasteiger partial charge in [0.1, 0.15) is 5.75 Å². The normalized spacial score (nSPS) is 23.1. The van der Waals surface area contributed by atoms with Crippen LogP contribution in [0.3, 0.4) is 0 Å². The Morgan fingerprint density at radius 2 is 1.88 bits per heavy atom. The van der Waals surface area contributed by atoms with E-state index in [4.69, 9.17) is 11.2 Å². The highest BCUT2D eigenvalue weighted by Crippen LogP contribution is 2.45. The van der Waals surface area contributed by atoms with Crippen molar-refractivity contribution < 1.29 is 4.74 Å². The minimum atomic E-state index is -0.00549. The second-order valence-electron chi connectivity index (χ2n) is 8.59. The minimum absolute atomic E-state index is 0.00549. The molecular formula is C20H29N3O. The van der Waals surface area contributed by atoms with E-state index in [2.05, 4.69) is 61.3 Å². The maximum atomic E-state index is 5.65. The van der Waals surface area contributed by atoms with E-state index in [9.17, 15) is 0 Å². The number of rotatable bonds is 2. The predicted octanol–water partition coefficient (Wildman–Crippen LogP) is 3.24. The van der Waals surface area contributed by atoms with E-state index < -0.39 is 0 Å². The van der Waals surface area contributed by atoms with Gasteiger partial charge in [0.15, 0.2) is 0 Å². The topological polar surface area (TPSA) is 36.5 Å². The third kappa shape index (κ3) is 3.18. The van der Waals surface area contributed by atoms with Crippen molar-refractivity contribution in [3.05, 3.63) is 18.2 Å². The largest absolute Gasteiger partial charge is 0.497 e. The van der Waals surface area contributed by atoms with Gasteiger partial charge in [-0.1, -0.05) is 5.92 Å². The van der Waals surface area contributed by atoms with Crippen LogP contribution < -0.4 is 20.3 Å². The highest BCUT2D eigenvalue weighted by atomic mass is 16.5. The van der Waals surface area contributed by atoms with Gasteiger partial charge in [-0.3, -0.25) is 0 Å². The summed E-state index contributed by atoms with van der Waals surface area (Å²) in [4.78, 5) is 2.32. The lowest BCUT2D eigenvalue weighted by Crippen LogP contribution is -2.69. The fourth-order valence-corrected chi connectivity index (χ4v) is 5.00. The van der Waals surface area contributed by atoms with Gasteiger partial charge in [-0.2, -0.15) is 0 Å². The number of nitrogens with zero attached hydrogens (tertiary/aromatic N) is 1. The van der Waals surface area contributed by atoms with Crippen molar-refractivity contribution in [1.82, 2.24) is 5.32 Å². The number of methoxy groups -OCH3 is 1. The Hall–Kier alpha value is -1.86. The Morgan fingerprint density at radius 1 is 1.21 bits per heavy atom. The van der Waals surface area contributed by atoms with Crippen LogP contribution in [0.1, 0.15) is 40.5 Å². The summed E-state index contributed by atoms with van der Waals surface area (Å²) < 4.78 is 5.42. The first-order valence-electron chi connectivity index (χ1n) is 8.62. The molecule has 0 atom stereocenters. The number of anilines is 2. The molecule has 2 aliphatic rings. The second-order valence-corrected chi connectivity index (χ2v) is 8.59. The molecule has 1 spiro atoms. The number of hydrogen-bond acceptors (Lipinski definition) is 4. The van der Waals surface area contributed by atoms with Gasteiger partial charge >= 0.3 is 0 Å². The van der Waals surface area contributed by atoms with Crippen LogP contribution in [0.2, 0.25) is 0 Å². The molecule has 130 valence electrons. The zero-order valence-electron chi connectivity index (χ0n) is 15.5. The first kappa shape index (κ1) is 17.0. The molecule has 2 N–H and O–H groups in total. The van der Waals surface area contributed by atoms with Crippen LogP contribution in [-0.4, -0.2) is 36.8 Å². The number of benzene rings is 1. The molecule has 0 aliphatic carbocycles. The third-order valence-corrected chi connectivity index (χ3v) is 4.96. The first-order valence-corrected chi connectivity index (χ1v) is 8.62. The Morgan fingerprint density at radius 3 is 2.46 bits per heavy atom.